The number of rotatable bonds is 3. The molecule has 1 fully saturated rings. The highest BCUT2D eigenvalue weighted by atomic mass is 16.3. The summed E-state index contributed by atoms with van der Waals surface area (Å²) in [5.74, 6) is 8.07. The number of hydrogen-bond acceptors (Lipinski definition) is 6. The van der Waals surface area contributed by atoms with E-state index in [-0.39, 0.29) is 6.61 Å². The molecular formula is C11H19N5O. The van der Waals surface area contributed by atoms with Crippen molar-refractivity contribution < 1.29 is 5.11 Å². The number of anilines is 2. The van der Waals surface area contributed by atoms with Crippen molar-refractivity contribution in [3.63, 3.8) is 0 Å². The second kappa shape index (κ2) is 4.85. The van der Waals surface area contributed by atoms with E-state index in [1.165, 1.54) is 0 Å². The summed E-state index contributed by atoms with van der Waals surface area (Å²) < 4.78 is 0. The average Bonchev–Trinajstić information content (AvgIpc) is 2.80. The minimum atomic E-state index is 0.238. The number of nitrogens with zero attached hydrogens (tertiary/aromatic N) is 3. The van der Waals surface area contributed by atoms with Crippen LogP contribution < -0.4 is 16.2 Å². The lowest BCUT2D eigenvalue weighted by molar-refractivity contribution is 0.238. The number of nitrogens with two attached hydrogens (primary N) is 1. The van der Waals surface area contributed by atoms with E-state index in [1.807, 2.05) is 13.8 Å². The van der Waals surface area contributed by atoms with E-state index >= 15 is 0 Å². The zero-order valence-corrected chi connectivity index (χ0v) is 10.3. The monoisotopic (exact) mass is 237 g/mol. The summed E-state index contributed by atoms with van der Waals surface area (Å²) in [6.07, 6.45) is 1.00. The van der Waals surface area contributed by atoms with Crippen molar-refractivity contribution in [1.82, 2.24) is 9.97 Å². The molecule has 17 heavy (non-hydrogen) atoms. The number of aliphatic hydroxyl groups is 1. The second-order valence-electron chi connectivity index (χ2n) is 4.50. The zero-order valence-electron chi connectivity index (χ0n) is 10.3. The van der Waals surface area contributed by atoms with Crippen molar-refractivity contribution in [2.75, 3.05) is 30.0 Å². The normalized spacial score (nSPS) is 19.8. The van der Waals surface area contributed by atoms with Gasteiger partial charge >= 0.3 is 0 Å². The molecule has 1 saturated heterocycles. The summed E-state index contributed by atoms with van der Waals surface area (Å²) in [7, 11) is 0. The van der Waals surface area contributed by atoms with Gasteiger partial charge in [0.2, 0.25) is 0 Å². The maximum atomic E-state index is 9.16. The standard InChI is InChI=1S/C11H19N5O/c1-7-10(15-12)13-8(2)14-11(7)16-4-3-9(5-16)6-17/h9,17H,3-6,12H2,1-2H3,(H,13,14,15). The number of hydrogen-bond donors (Lipinski definition) is 3. The van der Waals surface area contributed by atoms with E-state index in [1.54, 1.807) is 0 Å². The largest absolute Gasteiger partial charge is 0.396 e. The Labute approximate surface area is 101 Å². The molecular weight excluding hydrogens is 218 g/mol. The highest BCUT2D eigenvalue weighted by Crippen LogP contribution is 2.27. The first-order chi connectivity index (χ1) is 8.15. The van der Waals surface area contributed by atoms with E-state index in [0.29, 0.717) is 17.6 Å². The van der Waals surface area contributed by atoms with E-state index in [0.717, 1.165) is 30.9 Å². The number of aromatic nitrogens is 2. The summed E-state index contributed by atoms with van der Waals surface area (Å²) in [5, 5.41) is 9.16. The Morgan fingerprint density at radius 3 is 2.82 bits per heavy atom. The number of hydrazine groups is 1. The Balaban J connectivity index is 2.29. The van der Waals surface area contributed by atoms with Gasteiger partial charge in [-0.2, -0.15) is 0 Å². The van der Waals surface area contributed by atoms with Crippen molar-refractivity contribution in [2.24, 2.45) is 11.8 Å². The highest BCUT2D eigenvalue weighted by molar-refractivity contribution is 5.58. The second-order valence-corrected chi connectivity index (χ2v) is 4.50. The molecule has 0 amide bonds. The predicted molar refractivity (Wildman–Crippen MR) is 66.7 cm³/mol. The molecule has 6 nitrogen and oxygen atoms in total. The molecule has 0 aromatic carbocycles. The van der Waals surface area contributed by atoms with Gasteiger partial charge in [-0.25, -0.2) is 15.8 Å². The summed E-state index contributed by atoms with van der Waals surface area (Å²) >= 11 is 0. The Hall–Kier alpha value is -1.40. The first-order valence-electron chi connectivity index (χ1n) is 5.83. The minimum absolute atomic E-state index is 0.238. The van der Waals surface area contributed by atoms with Crippen molar-refractivity contribution in [3.8, 4) is 0 Å². The first-order valence-corrected chi connectivity index (χ1v) is 5.83. The van der Waals surface area contributed by atoms with Gasteiger partial charge in [-0.15, -0.1) is 0 Å². The molecule has 0 saturated carbocycles. The molecule has 1 aliphatic rings. The molecule has 4 N–H and O–H groups in total. The molecule has 0 radical (unpaired) electrons. The Bertz CT molecular complexity index is 409. The number of nitrogens with one attached hydrogen (secondary N) is 1. The first kappa shape index (κ1) is 12.1. The number of aliphatic hydroxyl groups excluding tert-OH is 1. The smallest absolute Gasteiger partial charge is 0.148 e. The maximum Gasteiger partial charge on any atom is 0.148 e. The van der Waals surface area contributed by atoms with Gasteiger partial charge in [0.1, 0.15) is 17.5 Å². The van der Waals surface area contributed by atoms with E-state index in [2.05, 4.69) is 20.3 Å². The fourth-order valence-electron chi connectivity index (χ4n) is 2.24. The van der Waals surface area contributed by atoms with E-state index < -0.39 is 0 Å². The lowest BCUT2D eigenvalue weighted by atomic mass is 10.1. The van der Waals surface area contributed by atoms with E-state index in [4.69, 9.17) is 10.9 Å². The third-order valence-electron chi connectivity index (χ3n) is 3.21. The molecule has 1 aromatic rings. The molecule has 0 spiro atoms. The van der Waals surface area contributed by atoms with Crippen molar-refractivity contribution in [1.29, 1.82) is 0 Å². The molecule has 1 unspecified atom stereocenters. The van der Waals surface area contributed by atoms with E-state index in [9.17, 15) is 0 Å². The lowest BCUT2D eigenvalue weighted by Crippen LogP contribution is -2.24. The van der Waals surface area contributed by atoms with Crippen LogP contribution in [0.2, 0.25) is 0 Å². The van der Waals surface area contributed by atoms with Gasteiger partial charge in [-0.05, 0) is 20.3 Å². The van der Waals surface area contributed by atoms with Crippen LogP contribution in [-0.2, 0) is 0 Å². The summed E-state index contributed by atoms with van der Waals surface area (Å²) in [6.45, 7) is 5.81. The topological polar surface area (TPSA) is 87.3 Å². The molecule has 94 valence electrons. The predicted octanol–water partition coefficient (Wildman–Crippen LogP) is 0.198. The third kappa shape index (κ3) is 2.32. The van der Waals surface area contributed by atoms with Gasteiger partial charge in [0.25, 0.3) is 0 Å². The van der Waals surface area contributed by atoms with Crippen LogP contribution in [0.3, 0.4) is 0 Å². The van der Waals surface area contributed by atoms with Crippen LogP contribution in [0.15, 0.2) is 0 Å². The number of nitrogen functional groups attached to an aromatic ring is 1. The molecule has 2 rings (SSSR count). The van der Waals surface area contributed by atoms with Crippen molar-refractivity contribution in [3.05, 3.63) is 11.4 Å². The Morgan fingerprint density at radius 2 is 2.24 bits per heavy atom. The fraction of sp³-hybridized carbons (Fsp3) is 0.636. The minimum Gasteiger partial charge on any atom is -0.396 e. The van der Waals surface area contributed by atoms with Crippen LogP contribution in [0.4, 0.5) is 11.6 Å². The average molecular weight is 237 g/mol. The summed E-state index contributed by atoms with van der Waals surface area (Å²) in [6, 6.07) is 0. The Morgan fingerprint density at radius 1 is 1.47 bits per heavy atom. The summed E-state index contributed by atoms with van der Waals surface area (Å²) in [5.41, 5.74) is 3.55. The molecule has 1 atom stereocenters. The van der Waals surface area contributed by atoms with Crippen LogP contribution in [0.5, 0.6) is 0 Å². The molecule has 1 aromatic heterocycles. The fourth-order valence-corrected chi connectivity index (χ4v) is 2.24. The molecule has 2 heterocycles. The molecule has 0 aliphatic carbocycles. The maximum absolute atomic E-state index is 9.16. The molecule has 1 aliphatic heterocycles. The molecule has 6 heteroatoms. The van der Waals surface area contributed by atoms with Crippen LogP contribution in [0.25, 0.3) is 0 Å². The van der Waals surface area contributed by atoms with Gasteiger partial charge in [0.05, 0.1) is 0 Å². The van der Waals surface area contributed by atoms with Crippen LogP contribution in [0, 0.1) is 19.8 Å². The molecule has 0 bridgehead atoms. The van der Waals surface area contributed by atoms with Gasteiger partial charge in [0, 0.05) is 31.2 Å². The van der Waals surface area contributed by atoms with Crippen LogP contribution in [-0.4, -0.2) is 34.8 Å². The summed E-state index contributed by atoms with van der Waals surface area (Å²) in [4.78, 5) is 10.9. The van der Waals surface area contributed by atoms with Gasteiger partial charge in [-0.1, -0.05) is 0 Å². The Kier molecular flexibility index (Phi) is 3.44. The van der Waals surface area contributed by atoms with Crippen LogP contribution in [0.1, 0.15) is 17.8 Å². The van der Waals surface area contributed by atoms with Crippen molar-refractivity contribution >= 4 is 11.6 Å². The lowest BCUT2D eigenvalue weighted by Gasteiger charge is -2.21. The zero-order chi connectivity index (χ0) is 12.4. The van der Waals surface area contributed by atoms with Crippen molar-refractivity contribution in [2.45, 2.75) is 20.3 Å². The quantitative estimate of drug-likeness (QED) is 0.514. The van der Waals surface area contributed by atoms with Gasteiger partial charge < -0.3 is 15.4 Å². The van der Waals surface area contributed by atoms with Gasteiger partial charge in [-0.3, -0.25) is 0 Å². The van der Waals surface area contributed by atoms with Crippen LogP contribution >= 0.6 is 0 Å². The van der Waals surface area contributed by atoms with Gasteiger partial charge in [0.15, 0.2) is 0 Å². The third-order valence-corrected chi connectivity index (χ3v) is 3.21. The number of aryl methyl sites for hydroxylation is 1. The SMILES string of the molecule is Cc1nc(NN)c(C)c(N2CCC(CO)C2)n1. The highest BCUT2D eigenvalue weighted by Gasteiger charge is 2.25.